The summed E-state index contributed by atoms with van der Waals surface area (Å²) in [6, 6.07) is 59.3. The molecule has 0 atom stereocenters. The molecule has 0 unspecified atom stereocenters. The first-order chi connectivity index (χ1) is 27.8. The Kier molecular flexibility index (Phi) is 5.86. The van der Waals surface area contributed by atoms with E-state index >= 15 is 0 Å². The van der Waals surface area contributed by atoms with Gasteiger partial charge in [0.15, 0.2) is 0 Å². The second kappa shape index (κ2) is 11.0. The van der Waals surface area contributed by atoms with Crippen molar-refractivity contribution < 1.29 is 17.7 Å². The Morgan fingerprint density at radius 2 is 0.821 bits per heavy atom. The quantitative estimate of drug-likeness (QED) is 0.171. The lowest BCUT2D eigenvalue weighted by Gasteiger charge is -2.17. The lowest BCUT2D eigenvalue weighted by atomic mass is 9.85. The number of furan rings is 4. The molecule has 0 bridgehead atoms. The topological polar surface area (TPSA) is 52.6 Å². The van der Waals surface area contributed by atoms with Crippen LogP contribution in [0.2, 0.25) is 0 Å². The van der Waals surface area contributed by atoms with Crippen LogP contribution in [0.5, 0.6) is 0 Å². The second-order valence-corrected chi connectivity index (χ2v) is 14.7. The third-order valence-electron chi connectivity index (χ3n) is 11.7. The summed E-state index contributed by atoms with van der Waals surface area (Å²) < 4.78 is 26.8. The molecule has 0 aliphatic rings. The Morgan fingerprint density at radius 3 is 1.57 bits per heavy atom. The molecule has 0 amide bonds. The molecule has 9 aromatic carbocycles. The number of fused-ring (bicyclic) bond motifs is 13. The largest absolute Gasteiger partial charge is 0.456 e. The van der Waals surface area contributed by atoms with Gasteiger partial charge < -0.3 is 17.7 Å². The average Bonchev–Trinajstić information content (AvgIpc) is 4.02. The fourth-order valence-corrected chi connectivity index (χ4v) is 9.31. The molecule has 4 nitrogen and oxygen atoms in total. The van der Waals surface area contributed by atoms with Gasteiger partial charge in [0.1, 0.15) is 44.8 Å². The summed E-state index contributed by atoms with van der Waals surface area (Å²) in [5.41, 5.74) is 11.2. The van der Waals surface area contributed by atoms with Crippen LogP contribution in [0, 0.1) is 0 Å². The molecule has 56 heavy (non-hydrogen) atoms. The highest BCUT2D eigenvalue weighted by Crippen LogP contribution is 2.51. The Hall–Kier alpha value is -7.56. The van der Waals surface area contributed by atoms with Crippen molar-refractivity contribution in [3.8, 4) is 33.6 Å². The van der Waals surface area contributed by atoms with Crippen LogP contribution < -0.4 is 0 Å². The summed E-state index contributed by atoms with van der Waals surface area (Å²) in [5, 5.41) is 11.8. The smallest absolute Gasteiger partial charge is 0.147 e. The van der Waals surface area contributed by atoms with Crippen molar-refractivity contribution in [1.29, 1.82) is 0 Å². The normalized spacial score (nSPS) is 12.3. The van der Waals surface area contributed by atoms with Gasteiger partial charge in [-0.05, 0) is 63.5 Å². The minimum atomic E-state index is 0.820. The molecule has 0 aliphatic carbocycles. The zero-order chi connectivity index (χ0) is 36.5. The lowest BCUT2D eigenvalue weighted by molar-refractivity contribution is 0.633. The van der Waals surface area contributed by atoms with Crippen LogP contribution in [0.25, 0.3) is 132 Å². The molecule has 0 saturated heterocycles. The van der Waals surface area contributed by atoms with E-state index in [-0.39, 0.29) is 0 Å². The molecular formula is C52H28O4. The van der Waals surface area contributed by atoms with Crippen molar-refractivity contribution in [2.45, 2.75) is 0 Å². The van der Waals surface area contributed by atoms with E-state index in [0.717, 1.165) is 132 Å². The van der Waals surface area contributed by atoms with Crippen molar-refractivity contribution in [2.75, 3.05) is 0 Å². The molecule has 4 heterocycles. The molecule has 0 fully saturated rings. The van der Waals surface area contributed by atoms with Crippen LogP contribution in [0.3, 0.4) is 0 Å². The summed E-state index contributed by atoms with van der Waals surface area (Å²) in [5.74, 6) is 0.832. The first-order valence-electron chi connectivity index (χ1n) is 18.9. The monoisotopic (exact) mass is 716 g/mol. The predicted molar refractivity (Wildman–Crippen MR) is 229 cm³/mol. The molecule has 260 valence electrons. The third-order valence-corrected chi connectivity index (χ3v) is 11.7. The molecule has 0 saturated carbocycles. The van der Waals surface area contributed by atoms with E-state index in [1.54, 1.807) is 0 Å². The van der Waals surface area contributed by atoms with Crippen LogP contribution in [-0.4, -0.2) is 0 Å². The molecule has 0 spiro atoms. The second-order valence-electron chi connectivity index (χ2n) is 14.7. The third kappa shape index (κ3) is 3.97. The van der Waals surface area contributed by atoms with Crippen molar-refractivity contribution in [1.82, 2.24) is 0 Å². The van der Waals surface area contributed by atoms with Gasteiger partial charge >= 0.3 is 0 Å². The van der Waals surface area contributed by atoms with E-state index in [1.807, 2.05) is 24.3 Å². The van der Waals surface area contributed by atoms with E-state index < -0.39 is 0 Å². The van der Waals surface area contributed by atoms with Crippen LogP contribution in [0.4, 0.5) is 0 Å². The van der Waals surface area contributed by atoms with Crippen molar-refractivity contribution in [3.05, 3.63) is 170 Å². The van der Waals surface area contributed by atoms with Gasteiger partial charge in [0.2, 0.25) is 0 Å². The number of hydrogen-bond acceptors (Lipinski definition) is 4. The predicted octanol–water partition coefficient (Wildman–Crippen LogP) is 15.4. The van der Waals surface area contributed by atoms with Gasteiger partial charge in [-0.2, -0.15) is 0 Å². The number of para-hydroxylation sites is 3. The van der Waals surface area contributed by atoms with Crippen molar-refractivity contribution >= 4 is 98.3 Å². The highest BCUT2D eigenvalue weighted by Gasteiger charge is 2.26. The molecule has 13 rings (SSSR count). The highest BCUT2D eigenvalue weighted by molar-refractivity contribution is 6.28. The lowest BCUT2D eigenvalue weighted by Crippen LogP contribution is -1.91. The SMILES string of the molecule is c1ccc(-c2c(-c3c4ccccc4c(-c4cccc5c4oc4c5ccc5oc6ccccc6c54)c4ccccc34)oc3cc4c(cc23)oc2ccccc24)cc1. The van der Waals surface area contributed by atoms with Crippen molar-refractivity contribution in [2.24, 2.45) is 0 Å². The summed E-state index contributed by atoms with van der Waals surface area (Å²) in [6.45, 7) is 0. The maximum atomic E-state index is 7.14. The maximum absolute atomic E-state index is 7.14. The van der Waals surface area contributed by atoms with Crippen LogP contribution in [0.15, 0.2) is 188 Å². The fraction of sp³-hybridized carbons (Fsp3) is 0. The van der Waals surface area contributed by atoms with E-state index in [2.05, 4.69) is 146 Å². The summed E-state index contributed by atoms with van der Waals surface area (Å²) in [4.78, 5) is 0. The standard InChI is InChI=1S/C52H28O4/c1-2-13-29(14-3-1)46-40-28-44-39(30-15-8-10-23-41(30)54-44)27-45(40)55-52(46)48-33-18-6-4-16-31(33)47(32-17-5-7-19-34(32)48)38-22-12-21-35-36-25-26-43-49(51(36)56-50(35)38)37-20-9-11-24-42(37)53-43/h1-28H. The molecule has 0 radical (unpaired) electrons. The highest BCUT2D eigenvalue weighted by atomic mass is 16.4. The molecule has 4 heteroatoms. The van der Waals surface area contributed by atoms with Gasteiger partial charge in [0.25, 0.3) is 0 Å². The summed E-state index contributed by atoms with van der Waals surface area (Å²) >= 11 is 0. The van der Waals surface area contributed by atoms with Crippen LogP contribution >= 0.6 is 0 Å². The van der Waals surface area contributed by atoms with Gasteiger partial charge in [0.05, 0.1) is 5.39 Å². The van der Waals surface area contributed by atoms with Gasteiger partial charge in [0, 0.05) is 54.6 Å². The van der Waals surface area contributed by atoms with Crippen molar-refractivity contribution in [3.63, 3.8) is 0 Å². The van der Waals surface area contributed by atoms with Gasteiger partial charge in [-0.15, -0.1) is 0 Å². The minimum Gasteiger partial charge on any atom is -0.456 e. The molecular weight excluding hydrogens is 689 g/mol. The number of hydrogen-bond donors (Lipinski definition) is 0. The van der Waals surface area contributed by atoms with E-state index in [9.17, 15) is 0 Å². The molecule has 4 aromatic heterocycles. The first-order valence-corrected chi connectivity index (χ1v) is 18.9. The Bertz CT molecular complexity index is 3700. The molecule has 0 aliphatic heterocycles. The molecule has 0 N–H and O–H groups in total. The zero-order valence-corrected chi connectivity index (χ0v) is 29.8. The average molecular weight is 717 g/mol. The molecule has 13 aromatic rings. The van der Waals surface area contributed by atoms with Gasteiger partial charge in [-0.3, -0.25) is 0 Å². The van der Waals surface area contributed by atoms with E-state index in [1.165, 1.54) is 0 Å². The van der Waals surface area contributed by atoms with E-state index in [0.29, 0.717) is 0 Å². The fourth-order valence-electron chi connectivity index (χ4n) is 9.31. The Labute approximate surface area is 318 Å². The zero-order valence-electron chi connectivity index (χ0n) is 29.8. The number of rotatable bonds is 3. The summed E-state index contributed by atoms with van der Waals surface area (Å²) in [7, 11) is 0. The van der Waals surface area contributed by atoms with Gasteiger partial charge in [-0.25, -0.2) is 0 Å². The maximum Gasteiger partial charge on any atom is 0.147 e. The van der Waals surface area contributed by atoms with Crippen LogP contribution in [0.1, 0.15) is 0 Å². The summed E-state index contributed by atoms with van der Waals surface area (Å²) in [6.07, 6.45) is 0. The minimum absolute atomic E-state index is 0.820. The Morgan fingerprint density at radius 1 is 0.268 bits per heavy atom. The van der Waals surface area contributed by atoms with Gasteiger partial charge in [-0.1, -0.05) is 133 Å². The number of benzene rings is 9. The Balaban J connectivity index is 1.14. The first kappa shape index (κ1) is 29.8. The van der Waals surface area contributed by atoms with Crippen LogP contribution in [-0.2, 0) is 0 Å². The van der Waals surface area contributed by atoms with E-state index in [4.69, 9.17) is 17.7 Å².